The molecule has 7 nitrogen and oxygen atoms in total. The van der Waals surface area contributed by atoms with Crippen molar-refractivity contribution in [2.45, 2.75) is 25.3 Å². The summed E-state index contributed by atoms with van der Waals surface area (Å²) in [5.74, 6) is 0.177. The van der Waals surface area contributed by atoms with E-state index in [-0.39, 0.29) is 27.1 Å². The predicted molar refractivity (Wildman–Crippen MR) is 83.7 cm³/mol. The lowest BCUT2D eigenvalue weighted by Crippen LogP contribution is -2.37. The molecule has 0 aromatic carbocycles. The van der Waals surface area contributed by atoms with E-state index in [4.69, 9.17) is 18.0 Å². The molecule has 0 spiro atoms. The molecule has 0 aliphatic heterocycles. The van der Waals surface area contributed by atoms with Crippen LogP contribution in [0.2, 0.25) is 0 Å². The first-order valence-electron chi connectivity index (χ1n) is 6.00. The van der Waals surface area contributed by atoms with Gasteiger partial charge in [-0.15, -0.1) is 5.10 Å². The van der Waals surface area contributed by atoms with Crippen LogP contribution >= 0.6 is 28.1 Å². The van der Waals surface area contributed by atoms with Crippen molar-refractivity contribution in [3.8, 4) is 0 Å². The maximum atomic E-state index is 12.7. The Labute approximate surface area is 132 Å². The van der Waals surface area contributed by atoms with E-state index in [0.717, 1.165) is 0 Å². The van der Waals surface area contributed by atoms with Crippen molar-refractivity contribution < 1.29 is 8.42 Å². The first-order valence-corrected chi connectivity index (χ1v) is 8.64. The lowest BCUT2D eigenvalue weighted by atomic mass is 10.2. The van der Waals surface area contributed by atoms with Gasteiger partial charge in [-0.05, 0) is 21.8 Å². The minimum absolute atomic E-state index is 0.0288. The summed E-state index contributed by atoms with van der Waals surface area (Å²) in [7, 11) is -2.17. The van der Waals surface area contributed by atoms with Crippen LogP contribution < -0.4 is 5.73 Å². The van der Waals surface area contributed by atoms with Crippen LogP contribution in [0.3, 0.4) is 0 Å². The Bertz CT molecular complexity index is 565. The maximum Gasteiger partial charge on any atom is 0.263 e. The van der Waals surface area contributed by atoms with Crippen molar-refractivity contribution in [2.24, 2.45) is 18.7 Å². The second kappa shape index (κ2) is 6.92. The van der Waals surface area contributed by atoms with Gasteiger partial charge in [0.25, 0.3) is 10.0 Å². The van der Waals surface area contributed by atoms with Gasteiger partial charge in [-0.3, -0.25) is 0 Å². The van der Waals surface area contributed by atoms with Gasteiger partial charge in [0.2, 0.25) is 5.03 Å². The zero-order valence-electron chi connectivity index (χ0n) is 11.6. The van der Waals surface area contributed by atoms with Crippen LogP contribution in [0.15, 0.2) is 9.63 Å². The van der Waals surface area contributed by atoms with E-state index in [1.165, 1.54) is 16.0 Å². The lowest BCUT2D eigenvalue weighted by Gasteiger charge is -2.23. The van der Waals surface area contributed by atoms with Crippen LogP contribution in [-0.2, 0) is 17.1 Å². The average molecular weight is 384 g/mol. The Morgan fingerprint density at radius 2 is 2.15 bits per heavy atom. The number of nitrogens with zero attached hydrogens (tertiary/aromatic N) is 4. The first kappa shape index (κ1) is 17.5. The fourth-order valence-electron chi connectivity index (χ4n) is 1.67. The molecule has 0 saturated carbocycles. The Morgan fingerprint density at radius 1 is 1.55 bits per heavy atom. The smallest absolute Gasteiger partial charge is 0.263 e. The van der Waals surface area contributed by atoms with Crippen molar-refractivity contribution in [3.63, 3.8) is 0 Å². The summed E-state index contributed by atoms with van der Waals surface area (Å²) in [4.78, 5) is 0.288. The van der Waals surface area contributed by atoms with E-state index in [9.17, 15) is 8.42 Å². The molecule has 0 radical (unpaired) electrons. The lowest BCUT2D eigenvalue weighted by molar-refractivity contribution is 0.370. The fourth-order valence-corrected chi connectivity index (χ4v) is 4.40. The molecule has 0 aliphatic rings. The molecule has 2 N–H and O–H groups in total. The van der Waals surface area contributed by atoms with E-state index in [0.29, 0.717) is 13.0 Å². The van der Waals surface area contributed by atoms with Crippen molar-refractivity contribution in [3.05, 3.63) is 4.60 Å². The van der Waals surface area contributed by atoms with Crippen molar-refractivity contribution in [2.75, 3.05) is 13.1 Å². The number of nitrogens with two attached hydrogens (primary N) is 1. The molecule has 1 aromatic heterocycles. The van der Waals surface area contributed by atoms with Gasteiger partial charge in [0.15, 0.2) is 4.60 Å². The van der Waals surface area contributed by atoms with E-state index in [1.807, 2.05) is 13.8 Å². The highest BCUT2D eigenvalue weighted by Crippen LogP contribution is 2.23. The minimum atomic E-state index is -3.70. The Kier molecular flexibility index (Phi) is 6.05. The molecule has 114 valence electrons. The summed E-state index contributed by atoms with van der Waals surface area (Å²) in [5, 5.41) is 7.44. The van der Waals surface area contributed by atoms with Gasteiger partial charge < -0.3 is 5.73 Å². The second-order valence-corrected chi connectivity index (χ2v) is 7.91. The van der Waals surface area contributed by atoms with E-state index in [1.54, 1.807) is 0 Å². The predicted octanol–water partition coefficient (Wildman–Crippen LogP) is 0.900. The van der Waals surface area contributed by atoms with Gasteiger partial charge in [0.1, 0.15) is 0 Å². The molecule has 20 heavy (non-hydrogen) atoms. The standard InChI is InChI=1S/C10H18BrN5O2S2/c1-7(2)6-16(5-4-8(12)19)20(17,18)10-9(11)13-14-15(10)3/h7H,4-6H2,1-3H3,(H2,12,19). The number of hydrogen-bond acceptors (Lipinski definition) is 5. The molecule has 0 amide bonds. The van der Waals surface area contributed by atoms with E-state index < -0.39 is 10.0 Å². The highest BCUT2D eigenvalue weighted by Gasteiger charge is 2.31. The van der Waals surface area contributed by atoms with Gasteiger partial charge >= 0.3 is 0 Å². The summed E-state index contributed by atoms with van der Waals surface area (Å²) >= 11 is 7.94. The highest BCUT2D eigenvalue weighted by molar-refractivity contribution is 9.10. The molecule has 0 saturated heterocycles. The summed E-state index contributed by atoms with van der Waals surface area (Å²) in [6, 6.07) is 0. The topological polar surface area (TPSA) is 94.1 Å². The molecule has 0 aliphatic carbocycles. The zero-order chi connectivity index (χ0) is 15.5. The quantitative estimate of drug-likeness (QED) is 0.702. The molecule has 0 atom stereocenters. The van der Waals surface area contributed by atoms with E-state index >= 15 is 0 Å². The molecule has 10 heteroatoms. The second-order valence-electron chi connectivity index (χ2n) is 4.78. The van der Waals surface area contributed by atoms with Crippen LogP contribution in [0.25, 0.3) is 0 Å². The largest absolute Gasteiger partial charge is 0.393 e. The Hall–Kier alpha value is -0.580. The third-order valence-corrected chi connectivity index (χ3v) is 5.46. The number of hydrogen-bond donors (Lipinski definition) is 1. The molecular formula is C10H18BrN5O2S2. The fraction of sp³-hybridized carbons (Fsp3) is 0.700. The van der Waals surface area contributed by atoms with Gasteiger partial charge in [0.05, 0.1) is 4.99 Å². The SMILES string of the molecule is CC(C)CN(CCC(N)=S)S(=O)(=O)c1c(Br)nnn1C. The number of aromatic nitrogens is 3. The van der Waals surface area contributed by atoms with Crippen LogP contribution in [-0.4, -0.2) is 45.8 Å². The summed E-state index contributed by atoms with van der Waals surface area (Å²) < 4.78 is 28.2. The molecule has 1 heterocycles. The Morgan fingerprint density at radius 3 is 2.55 bits per heavy atom. The normalized spacial score (nSPS) is 12.3. The van der Waals surface area contributed by atoms with Gasteiger partial charge in [-0.1, -0.05) is 31.3 Å². The number of sulfonamides is 1. The molecule has 1 aromatic rings. The number of thiocarbonyl (C=S) groups is 1. The van der Waals surface area contributed by atoms with Crippen LogP contribution in [0.5, 0.6) is 0 Å². The van der Waals surface area contributed by atoms with Crippen molar-refractivity contribution in [1.82, 2.24) is 19.3 Å². The third kappa shape index (κ3) is 4.21. The zero-order valence-corrected chi connectivity index (χ0v) is 14.8. The first-order chi connectivity index (χ1) is 9.16. The summed E-state index contributed by atoms with van der Waals surface area (Å²) in [6.07, 6.45) is 0.337. The van der Waals surface area contributed by atoms with E-state index in [2.05, 4.69) is 26.2 Å². The highest BCUT2D eigenvalue weighted by atomic mass is 79.9. The third-order valence-electron chi connectivity index (χ3n) is 2.50. The number of aryl methyl sites for hydroxylation is 1. The number of halogens is 1. The van der Waals surface area contributed by atoms with Gasteiger partial charge in [-0.25, -0.2) is 13.1 Å². The molecule has 0 unspecified atom stereocenters. The minimum Gasteiger partial charge on any atom is -0.393 e. The summed E-state index contributed by atoms with van der Waals surface area (Å²) in [5.41, 5.74) is 5.46. The van der Waals surface area contributed by atoms with Crippen molar-refractivity contribution in [1.29, 1.82) is 0 Å². The number of rotatable bonds is 7. The van der Waals surface area contributed by atoms with Crippen LogP contribution in [0, 0.1) is 5.92 Å². The van der Waals surface area contributed by atoms with Crippen LogP contribution in [0.1, 0.15) is 20.3 Å². The van der Waals surface area contributed by atoms with Crippen molar-refractivity contribution >= 4 is 43.2 Å². The maximum absolute atomic E-state index is 12.7. The Balaban J connectivity index is 3.13. The van der Waals surface area contributed by atoms with Crippen LogP contribution in [0.4, 0.5) is 0 Å². The summed E-state index contributed by atoms with van der Waals surface area (Å²) in [6.45, 7) is 4.51. The monoisotopic (exact) mass is 383 g/mol. The molecule has 1 rings (SSSR count). The molecule has 0 bridgehead atoms. The van der Waals surface area contributed by atoms with Gasteiger partial charge in [-0.2, -0.15) is 4.31 Å². The molecule has 0 fully saturated rings. The van der Waals surface area contributed by atoms with Gasteiger partial charge in [0, 0.05) is 26.6 Å². The average Bonchev–Trinajstić information content (AvgIpc) is 2.63. The molecular weight excluding hydrogens is 366 g/mol.